The fraction of sp³-hybridized carbons (Fsp3) is 0.208. The van der Waals surface area contributed by atoms with Crippen LogP contribution in [0.5, 0.6) is 0 Å². The fourth-order valence-corrected chi connectivity index (χ4v) is 6.38. The number of halogens is 1. The van der Waals surface area contributed by atoms with Gasteiger partial charge in [-0.3, -0.25) is 14.2 Å². The first-order valence-corrected chi connectivity index (χ1v) is 12.7. The Hall–Kier alpha value is -2.22. The number of hydrogen-bond acceptors (Lipinski definition) is 5. The van der Waals surface area contributed by atoms with Crippen molar-refractivity contribution in [3.05, 3.63) is 91.0 Å². The van der Waals surface area contributed by atoms with Crippen molar-refractivity contribution in [1.29, 1.82) is 0 Å². The average molecular weight is 511 g/mol. The molecule has 7 heteroatoms. The fourth-order valence-electron chi connectivity index (χ4n) is 3.92. The number of carbonyl (C=O) groups is 1. The maximum absolute atomic E-state index is 13.6. The summed E-state index contributed by atoms with van der Waals surface area (Å²) >= 11 is 6.37. The number of benzene rings is 2. The van der Waals surface area contributed by atoms with E-state index in [0.717, 1.165) is 39.5 Å². The van der Waals surface area contributed by atoms with Crippen LogP contribution in [0.1, 0.15) is 32.8 Å². The minimum absolute atomic E-state index is 0.00634. The second-order valence-corrected chi connectivity index (χ2v) is 10.5. The zero-order valence-corrected chi connectivity index (χ0v) is 19.9. The van der Waals surface area contributed by atoms with Gasteiger partial charge >= 0.3 is 0 Å². The molecule has 156 valence electrons. The van der Waals surface area contributed by atoms with Gasteiger partial charge in [0.15, 0.2) is 10.9 Å². The second kappa shape index (κ2) is 8.73. The van der Waals surface area contributed by atoms with Gasteiger partial charge in [0.2, 0.25) is 0 Å². The van der Waals surface area contributed by atoms with Gasteiger partial charge in [0.25, 0.3) is 5.56 Å². The van der Waals surface area contributed by atoms with E-state index in [4.69, 9.17) is 4.98 Å². The first-order chi connectivity index (χ1) is 15.1. The van der Waals surface area contributed by atoms with Crippen LogP contribution >= 0.6 is 39.0 Å². The largest absolute Gasteiger partial charge is 0.293 e. The minimum Gasteiger partial charge on any atom is -0.293 e. The lowest BCUT2D eigenvalue weighted by Gasteiger charge is -2.12. The predicted molar refractivity (Wildman–Crippen MR) is 131 cm³/mol. The smallest absolute Gasteiger partial charge is 0.263 e. The summed E-state index contributed by atoms with van der Waals surface area (Å²) in [6.45, 7) is 0.446. The molecule has 0 saturated heterocycles. The number of rotatable bonds is 6. The van der Waals surface area contributed by atoms with Crippen molar-refractivity contribution in [1.82, 2.24) is 9.55 Å². The van der Waals surface area contributed by atoms with Crippen molar-refractivity contribution in [2.45, 2.75) is 31.0 Å². The van der Waals surface area contributed by atoms with E-state index in [1.165, 1.54) is 22.2 Å². The molecule has 1 aliphatic rings. The van der Waals surface area contributed by atoms with E-state index < -0.39 is 0 Å². The predicted octanol–water partition coefficient (Wildman–Crippen LogP) is 5.73. The maximum Gasteiger partial charge on any atom is 0.263 e. The number of hydrogen-bond donors (Lipinski definition) is 0. The van der Waals surface area contributed by atoms with Crippen LogP contribution in [0.15, 0.2) is 69.0 Å². The molecule has 0 amide bonds. The number of aryl methyl sites for hydroxylation is 2. The number of thioether (sulfide) groups is 1. The third-order valence-corrected chi connectivity index (χ3v) is 8.16. The molecule has 4 aromatic rings. The minimum atomic E-state index is 0.00634. The quantitative estimate of drug-likeness (QED) is 0.188. The number of Topliss-reactive ketones (excluding diaryl/α,β-unsaturated/α-hetero) is 1. The molecule has 0 fully saturated rings. The Kier molecular flexibility index (Phi) is 5.82. The molecule has 0 unspecified atom stereocenters. The molecule has 0 N–H and O–H groups in total. The Morgan fingerprint density at radius 2 is 1.87 bits per heavy atom. The van der Waals surface area contributed by atoms with Gasteiger partial charge in [-0.1, -0.05) is 70.2 Å². The van der Waals surface area contributed by atoms with Crippen molar-refractivity contribution < 1.29 is 4.79 Å². The molecular formula is C24H19BrN2O2S2. The third kappa shape index (κ3) is 4.14. The molecular weight excluding hydrogens is 492 g/mol. The maximum atomic E-state index is 13.6. The van der Waals surface area contributed by atoms with Gasteiger partial charge in [-0.2, -0.15) is 0 Å². The van der Waals surface area contributed by atoms with Crippen LogP contribution in [-0.2, 0) is 19.4 Å². The molecule has 1 aliphatic carbocycles. The molecule has 0 aliphatic heterocycles. The molecule has 5 rings (SSSR count). The van der Waals surface area contributed by atoms with E-state index >= 15 is 0 Å². The van der Waals surface area contributed by atoms with Crippen LogP contribution < -0.4 is 5.56 Å². The lowest BCUT2D eigenvalue weighted by Crippen LogP contribution is -2.24. The van der Waals surface area contributed by atoms with Gasteiger partial charge in [-0.15, -0.1) is 11.3 Å². The normalized spacial score (nSPS) is 12.9. The summed E-state index contributed by atoms with van der Waals surface area (Å²) < 4.78 is 2.67. The molecule has 0 bridgehead atoms. The standard InChI is InChI=1S/C24H19BrN2O2S2/c25-17-11-9-16(10-12-17)19(28)14-30-24-26-22-21(18-7-4-8-20(18)31-22)23(29)27(24)13-15-5-2-1-3-6-15/h1-3,5-6,9-12H,4,7-8,13-14H2. The van der Waals surface area contributed by atoms with E-state index in [2.05, 4.69) is 15.9 Å². The first kappa shape index (κ1) is 20.7. The molecule has 4 nitrogen and oxygen atoms in total. The molecule has 0 saturated carbocycles. The average Bonchev–Trinajstić information content (AvgIpc) is 3.36. The topological polar surface area (TPSA) is 52.0 Å². The highest BCUT2D eigenvalue weighted by Crippen LogP contribution is 2.35. The molecule has 2 aromatic carbocycles. The van der Waals surface area contributed by atoms with Crippen molar-refractivity contribution >= 4 is 55.0 Å². The van der Waals surface area contributed by atoms with E-state index in [9.17, 15) is 9.59 Å². The number of nitrogens with zero attached hydrogens (tertiary/aromatic N) is 2. The molecule has 2 heterocycles. The summed E-state index contributed by atoms with van der Waals surface area (Å²) in [5.74, 6) is 0.256. The Bertz CT molecular complexity index is 1330. The van der Waals surface area contributed by atoms with Crippen molar-refractivity contribution in [2.24, 2.45) is 0 Å². The summed E-state index contributed by atoms with van der Waals surface area (Å²) in [4.78, 5) is 33.2. The lowest BCUT2D eigenvalue weighted by atomic mass is 10.2. The van der Waals surface area contributed by atoms with Crippen LogP contribution in [0.25, 0.3) is 10.2 Å². The van der Waals surface area contributed by atoms with Crippen molar-refractivity contribution in [3.63, 3.8) is 0 Å². The number of thiophene rings is 1. The molecule has 0 atom stereocenters. The van der Waals surface area contributed by atoms with Gasteiger partial charge in [-0.05, 0) is 42.5 Å². The summed E-state index contributed by atoms with van der Waals surface area (Å²) in [5, 5.41) is 1.38. The van der Waals surface area contributed by atoms with Gasteiger partial charge < -0.3 is 0 Å². The van der Waals surface area contributed by atoms with Gasteiger partial charge in [0.1, 0.15) is 4.83 Å². The van der Waals surface area contributed by atoms with Crippen LogP contribution in [0.3, 0.4) is 0 Å². The number of ketones is 1. The Labute approximate surface area is 196 Å². The van der Waals surface area contributed by atoms with Gasteiger partial charge in [0.05, 0.1) is 17.7 Å². The van der Waals surface area contributed by atoms with Crippen LogP contribution in [0.2, 0.25) is 0 Å². The highest BCUT2D eigenvalue weighted by molar-refractivity contribution is 9.10. The summed E-state index contributed by atoms with van der Waals surface area (Å²) in [6, 6.07) is 17.3. The number of carbonyl (C=O) groups excluding carboxylic acids is 1. The first-order valence-electron chi connectivity index (χ1n) is 10.1. The number of aromatic nitrogens is 2. The van der Waals surface area contributed by atoms with Crippen molar-refractivity contribution in [2.75, 3.05) is 5.75 Å². The SMILES string of the molecule is O=C(CSc1nc2sc3c(c2c(=O)n1Cc1ccccc1)CCC3)c1ccc(Br)cc1. The van der Waals surface area contributed by atoms with Crippen molar-refractivity contribution in [3.8, 4) is 0 Å². The van der Waals surface area contributed by atoms with Crippen LogP contribution in [0.4, 0.5) is 0 Å². The summed E-state index contributed by atoms with van der Waals surface area (Å²) in [7, 11) is 0. The Balaban J connectivity index is 1.52. The van der Waals surface area contributed by atoms with Gasteiger partial charge in [0, 0.05) is 14.9 Å². The van der Waals surface area contributed by atoms with E-state index in [1.807, 2.05) is 54.6 Å². The Morgan fingerprint density at radius 3 is 2.65 bits per heavy atom. The third-order valence-electron chi connectivity index (χ3n) is 5.47. The monoisotopic (exact) mass is 510 g/mol. The van der Waals surface area contributed by atoms with E-state index in [-0.39, 0.29) is 17.1 Å². The molecule has 0 spiro atoms. The molecule has 2 aromatic heterocycles. The second-order valence-electron chi connectivity index (χ2n) is 7.53. The van der Waals surface area contributed by atoms with Crippen LogP contribution in [0, 0.1) is 0 Å². The molecule has 31 heavy (non-hydrogen) atoms. The zero-order chi connectivity index (χ0) is 21.4. The lowest BCUT2D eigenvalue weighted by molar-refractivity contribution is 0.102. The molecule has 0 radical (unpaired) electrons. The zero-order valence-electron chi connectivity index (χ0n) is 16.6. The number of fused-ring (bicyclic) bond motifs is 3. The van der Waals surface area contributed by atoms with E-state index in [1.54, 1.807) is 15.9 Å². The summed E-state index contributed by atoms with van der Waals surface area (Å²) in [6.07, 6.45) is 3.08. The Morgan fingerprint density at radius 1 is 1.10 bits per heavy atom. The summed E-state index contributed by atoms with van der Waals surface area (Å²) in [5.41, 5.74) is 2.89. The van der Waals surface area contributed by atoms with Crippen LogP contribution in [-0.4, -0.2) is 21.1 Å². The highest BCUT2D eigenvalue weighted by atomic mass is 79.9. The van der Waals surface area contributed by atoms with Gasteiger partial charge in [-0.25, -0.2) is 4.98 Å². The highest BCUT2D eigenvalue weighted by Gasteiger charge is 2.23. The van der Waals surface area contributed by atoms with E-state index in [0.29, 0.717) is 17.3 Å².